The van der Waals surface area contributed by atoms with E-state index in [0.717, 1.165) is 18.0 Å². The van der Waals surface area contributed by atoms with E-state index >= 15 is 0 Å². The van der Waals surface area contributed by atoms with Crippen molar-refractivity contribution in [2.45, 2.75) is 12.3 Å². The molecule has 14 heavy (non-hydrogen) atoms. The summed E-state index contributed by atoms with van der Waals surface area (Å²) in [5.74, 6) is 1.19. The van der Waals surface area contributed by atoms with E-state index in [-0.39, 0.29) is 12.4 Å². The normalized spacial score (nSPS) is 24.2. The monoisotopic (exact) mass is 251 g/mol. The summed E-state index contributed by atoms with van der Waals surface area (Å²) in [5, 5.41) is 1.46. The fraction of sp³-hybridized carbons (Fsp3) is 0.400. The zero-order valence-electron chi connectivity index (χ0n) is 7.54. The molecule has 0 aromatic heterocycles. The maximum Gasteiger partial charge on any atom is 0.0455 e. The Morgan fingerprint density at radius 1 is 1.36 bits per heavy atom. The van der Waals surface area contributed by atoms with Gasteiger partial charge in [-0.3, -0.25) is 0 Å². The second-order valence-corrected chi connectivity index (χ2v) is 4.35. The summed E-state index contributed by atoms with van der Waals surface area (Å²) in [6.07, 6.45) is 1.16. The minimum atomic E-state index is 0. The van der Waals surface area contributed by atoms with Crippen LogP contribution in [0, 0.1) is 5.92 Å². The average Bonchev–Trinajstić information content (AvgIpc) is 2.83. The molecule has 0 radical (unpaired) electrons. The quantitative estimate of drug-likeness (QED) is 0.857. The van der Waals surface area contributed by atoms with Crippen LogP contribution >= 0.6 is 35.6 Å². The molecule has 0 amide bonds. The van der Waals surface area contributed by atoms with Crippen molar-refractivity contribution < 1.29 is 0 Å². The molecule has 0 unspecified atom stereocenters. The number of rotatable bonds is 2. The van der Waals surface area contributed by atoms with Crippen molar-refractivity contribution in [2.75, 3.05) is 6.54 Å². The third kappa shape index (κ3) is 2.34. The van der Waals surface area contributed by atoms with Gasteiger partial charge in [-0.1, -0.05) is 29.3 Å². The van der Waals surface area contributed by atoms with Crippen LogP contribution in [0.1, 0.15) is 17.9 Å². The van der Waals surface area contributed by atoms with E-state index in [1.54, 1.807) is 6.07 Å². The van der Waals surface area contributed by atoms with Gasteiger partial charge < -0.3 is 5.73 Å². The second-order valence-electron chi connectivity index (χ2n) is 3.50. The van der Waals surface area contributed by atoms with Crippen LogP contribution in [0.25, 0.3) is 0 Å². The van der Waals surface area contributed by atoms with Gasteiger partial charge in [0.15, 0.2) is 0 Å². The summed E-state index contributed by atoms with van der Waals surface area (Å²) < 4.78 is 0. The molecule has 1 aliphatic rings. The maximum atomic E-state index is 6.06. The Bertz CT molecular complexity index is 327. The van der Waals surface area contributed by atoms with E-state index in [1.807, 2.05) is 12.1 Å². The Balaban J connectivity index is 0.000000980. The lowest BCUT2D eigenvalue weighted by molar-refractivity contribution is 0.810. The van der Waals surface area contributed by atoms with Crippen LogP contribution in [-0.4, -0.2) is 6.54 Å². The van der Waals surface area contributed by atoms with E-state index in [2.05, 4.69) is 0 Å². The molecule has 0 heterocycles. The van der Waals surface area contributed by atoms with E-state index in [9.17, 15) is 0 Å². The van der Waals surface area contributed by atoms with Gasteiger partial charge in [-0.25, -0.2) is 0 Å². The van der Waals surface area contributed by atoms with Crippen LogP contribution in [0.5, 0.6) is 0 Å². The Morgan fingerprint density at radius 3 is 2.57 bits per heavy atom. The smallest absolute Gasteiger partial charge is 0.0455 e. The molecule has 0 spiro atoms. The standard InChI is InChI=1S/C10H11Cl2N.ClH/c11-7-1-2-8(10(12)4-7)9-3-6(9)5-13;/h1-2,4,6,9H,3,5,13H2;1H/t6-,9+;/m1./s1. The first kappa shape index (κ1) is 12.1. The fourth-order valence-corrected chi connectivity index (χ4v) is 2.24. The van der Waals surface area contributed by atoms with Crippen molar-refractivity contribution in [3.05, 3.63) is 33.8 Å². The molecule has 1 aliphatic carbocycles. The van der Waals surface area contributed by atoms with Crippen molar-refractivity contribution in [3.63, 3.8) is 0 Å². The first-order chi connectivity index (χ1) is 6.22. The van der Waals surface area contributed by atoms with Crippen molar-refractivity contribution in [1.29, 1.82) is 0 Å². The van der Waals surface area contributed by atoms with Crippen LogP contribution < -0.4 is 5.73 Å². The van der Waals surface area contributed by atoms with E-state index in [1.165, 1.54) is 5.56 Å². The molecule has 2 atom stereocenters. The lowest BCUT2D eigenvalue weighted by atomic mass is 10.1. The maximum absolute atomic E-state index is 6.06. The Labute approximate surface area is 100.0 Å². The molecule has 0 saturated heterocycles. The van der Waals surface area contributed by atoms with E-state index in [0.29, 0.717) is 16.9 Å². The fourth-order valence-electron chi connectivity index (χ4n) is 1.69. The summed E-state index contributed by atoms with van der Waals surface area (Å²) in [5.41, 5.74) is 6.77. The molecule has 2 rings (SSSR count). The second kappa shape index (κ2) is 4.71. The Kier molecular flexibility index (Phi) is 4.08. The molecule has 1 saturated carbocycles. The highest BCUT2D eigenvalue weighted by molar-refractivity contribution is 6.35. The molecular formula is C10H12Cl3N. The van der Waals surface area contributed by atoms with Crippen LogP contribution in [0.4, 0.5) is 0 Å². The van der Waals surface area contributed by atoms with Gasteiger partial charge in [0.25, 0.3) is 0 Å². The van der Waals surface area contributed by atoms with Gasteiger partial charge in [0.1, 0.15) is 0 Å². The van der Waals surface area contributed by atoms with Gasteiger partial charge in [-0.05, 0) is 42.5 Å². The van der Waals surface area contributed by atoms with Crippen molar-refractivity contribution >= 4 is 35.6 Å². The van der Waals surface area contributed by atoms with Crippen LogP contribution in [0.2, 0.25) is 10.0 Å². The van der Waals surface area contributed by atoms with E-state index in [4.69, 9.17) is 28.9 Å². The number of hydrogen-bond acceptors (Lipinski definition) is 1. The molecule has 1 aromatic rings. The number of hydrogen-bond donors (Lipinski definition) is 1. The molecule has 2 N–H and O–H groups in total. The van der Waals surface area contributed by atoms with E-state index < -0.39 is 0 Å². The lowest BCUT2D eigenvalue weighted by Gasteiger charge is -2.02. The zero-order chi connectivity index (χ0) is 9.42. The summed E-state index contributed by atoms with van der Waals surface area (Å²) in [6.45, 7) is 0.754. The average molecular weight is 253 g/mol. The first-order valence-corrected chi connectivity index (χ1v) is 5.13. The van der Waals surface area contributed by atoms with Gasteiger partial charge in [-0.15, -0.1) is 12.4 Å². The van der Waals surface area contributed by atoms with Crippen molar-refractivity contribution in [2.24, 2.45) is 11.7 Å². The molecule has 4 heteroatoms. The molecular weight excluding hydrogens is 240 g/mol. The largest absolute Gasteiger partial charge is 0.330 e. The Hall–Kier alpha value is 0.0500. The molecule has 1 nitrogen and oxygen atoms in total. The van der Waals surface area contributed by atoms with Gasteiger partial charge in [-0.2, -0.15) is 0 Å². The third-order valence-corrected chi connectivity index (χ3v) is 3.15. The number of nitrogens with two attached hydrogens (primary N) is 1. The minimum absolute atomic E-state index is 0. The van der Waals surface area contributed by atoms with Crippen molar-refractivity contribution in [1.82, 2.24) is 0 Å². The predicted octanol–water partition coefficient (Wildman–Crippen LogP) is 3.48. The third-order valence-electron chi connectivity index (χ3n) is 2.59. The molecule has 1 fully saturated rings. The molecule has 78 valence electrons. The van der Waals surface area contributed by atoms with Gasteiger partial charge >= 0.3 is 0 Å². The zero-order valence-corrected chi connectivity index (χ0v) is 9.87. The number of halogens is 3. The molecule has 1 aromatic carbocycles. The highest BCUT2D eigenvalue weighted by Gasteiger charge is 2.37. The van der Waals surface area contributed by atoms with Crippen LogP contribution in [0.3, 0.4) is 0 Å². The highest BCUT2D eigenvalue weighted by atomic mass is 35.5. The Morgan fingerprint density at radius 2 is 2.07 bits per heavy atom. The summed E-state index contributed by atoms with van der Waals surface area (Å²) in [4.78, 5) is 0. The SMILES string of the molecule is Cl.NC[C@H]1C[C@@H]1c1ccc(Cl)cc1Cl. The lowest BCUT2D eigenvalue weighted by Crippen LogP contribution is -2.02. The van der Waals surface area contributed by atoms with Gasteiger partial charge in [0.05, 0.1) is 0 Å². The molecule has 0 bridgehead atoms. The highest BCUT2D eigenvalue weighted by Crippen LogP contribution is 2.49. The van der Waals surface area contributed by atoms with Gasteiger partial charge in [0.2, 0.25) is 0 Å². The van der Waals surface area contributed by atoms with Gasteiger partial charge in [0, 0.05) is 10.0 Å². The number of benzene rings is 1. The summed E-state index contributed by atoms with van der Waals surface area (Å²) in [7, 11) is 0. The minimum Gasteiger partial charge on any atom is -0.330 e. The molecule has 0 aliphatic heterocycles. The topological polar surface area (TPSA) is 26.0 Å². The van der Waals surface area contributed by atoms with Crippen molar-refractivity contribution in [3.8, 4) is 0 Å². The van der Waals surface area contributed by atoms with Crippen LogP contribution in [-0.2, 0) is 0 Å². The first-order valence-electron chi connectivity index (χ1n) is 4.37. The summed E-state index contributed by atoms with van der Waals surface area (Å²) in [6, 6.07) is 5.68. The van der Waals surface area contributed by atoms with Crippen LogP contribution in [0.15, 0.2) is 18.2 Å². The summed E-state index contributed by atoms with van der Waals surface area (Å²) >= 11 is 11.9. The predicted molar refractivity (Wildman–Crippen MR) is 63.6 cm³/mol.